The molecule has 1 heterocycles. The Bertz CT molecular complexity index is 647. The Balaban J connectivity index is 2.51. The number of ether oxygens (including phenoxy) is 1. The maximum atomic E-state index is 11.8. The zero-order chi connectivity index (χ0) is 18.1. The number of carboxylic acid groups (broad SMARTS) is 1. The summed E-state index contributed by atoms with van der Waals surface area (Å²) in [6.07, 6.45) is 0.730. The SMILES string of the molecule is COC(=O)CCc1cccc2c1CCN(C(=O)O)[C@@]2(C)C(C)(C)C. The molecule has 24 heavy (non-hydrogen) atoms. The Morgan fingerprint density at radius 2 is 2.00 bits per heavy atom. The molecule has 2 rings (SSSR count). The van der Waals surface area contributed by atoms with E-state index < -0.39 is 11.6 Å². The predicted molar refractivity (Wildman–Crippen MR) is 92.0 cm³/mol. The molecule has 1 aliphatic heterocycles. The lowest BCUT2D eigenvalue weighted by Gasteiger charge is -2.52. The van der Waals surface area contributed by atoms with E-state index in [2.05, 4.69) is 20.8 Å². The second kappa shape index (κ2) is 6.46. The highest BCUT2D eigenvalue weighted by molar-refractivity contribution is 5.70. The highest BCUT2D eigenvalue weighted by Crippen LogP contribution is 2.48. The molecule has 1 atom stereocenters. The first-order valence-electron chi connectivity index (χ1n) is 8.31. The Morgan fingerprint density at radius 1 is 1.33 bits per heavy atom. The number of carbonyl (C=O) groups is 2. The molecular weight excluding hydrogens is 306 g/mol. The van der Waals surface area contributed by atoms with Crippen molar-refractivity contribution >= 4 is 12.1 Å². The van der Waals surface area contributed by atoms with Gasteiger partial charge in [0.2, 0.25) is 0 Å². The Hall–Kier alpha value is -2.04. The van der Waals surface area contributed by atoms with E-state index in [1.54, 1.807) is 4.90 Å². The van der Waals surface area contributed by atoms with E-state index in [4.69, 9.17) is 4.74 Å². The van der Waals surface area contributed by atoms with Gasteiger partial charge >= 0.3 is 12.1 Å². The van der Waals surface area contributed by atoms with Crippen LogP contribution >= 0.6 is 0 Å². The Labute approximate surface area is 143 Å². The minimum Gasteiger partial charge on any atom is -0.469 e. The average molecular weight is 333 g/mol. The zero-order valence-corrected chi connectivity index (χ0v) is 15.2. The van der Waals surface area contributed by atoms with E-state index in [9.17, 15) is 14.7 Å². The van der Waals surface area contributed by atoms with E-state index in [0.29, 0.717) is 25.8 Å². The highest BCUT2D eigenvalue weighted by atomic mass is 16.5. The topological polar surface area (TPSA) is 66.8 Å². The van der Waals surface area contributed by atoms with Gasteiger partial charge in [0.15, 0.2) is 0 Å². The molecule has 0 spiro atoms. The lowest BCUT2D eigenvalue weighted by atomic mass is 9.65. The van der Waals surface area contributed by atoms with E-state index in [-0.39, 0.29) is 11.4 Å². The van der Waals surface area contributed by atoms with Crippen molar-refractivity contribution in [3.8, 4) is 0 Å². The molecular formula is C19H27NO4. The second-order valence-electron chi connectivity index (χ2n) is 7.53. The van der Waals surface area contributed by atoms with Gasteiger partial charge in [-0.25, -0.2) is 4.79 Å². The number of amides is 1. The molecule has 1 aliphatic rings. The fourth-order valence-corrected chi connectivity index (χ4v) is 3.65. The molecule has 1 aromatic rings. The number of aryl methyl sites for hydroxylation is 1. The van der Waals surface area contributed by atoms with Crippen LogP contribution < -0.4 is 0 Å². The van der Waals surface area contributed by atoms with Gasteiger partial charge < -0.3 is 9.84 Å². The van der Waals surface area contributed by atoms with E-state index in [0.717, 1.165) is 11.1 Å². The third-order valence-corrected chi connectivity index (χ3v) is 5.44. The lowest BCUT2D eigenvalue weighted by molar-refractivity contribution is -0.140. The standard InChI is InChI=1S/C19H27NO4/c1-18(2,3)19(4)15-8-6-7-13(9-10-16(21)24-5)14(15)11-12-20(19)17(22)23/h6-8H,9-12H2,1-5H3,(H,22,23)/t19-/m1/s1. The van der Waals surface area contributed by atoms with Crippen LogP contribution in [0.3, 0.4) is 0 Å². The molecule has 0 unspecified atom stereocenters. The molecule has 0 radical (unpaired) electrons. The van der Waals surface area contributed by atoms with Crippen molar-refractivity contribution in [3.05, 3.63) is 34.9 Å². The largest absolute Gasteiger partial charge is 0.469 e. The fourth-order valence-electron chi connectivity index (χ4n) is 3.65. The van der Waals surface area contributed by atoms with Gasteiger partial charge in [0.05, 0.1) is 12.6 Å². The van der Waals surface area contributed by atoms with Crippen LogP contribution in [0.1, 0.15) is 50.8 Å². The third-order valence-electron chi connectivity index (χ3n) is 5.44. The van der Waals surface area contributed by atoms with Gasteiger partial charge in [-0.05, 0) is 41.9 Å². The summed E-state index contributed by atoms with van der Waals surface area (Å²) < 4.78 is 4.73. The smallest absolute Gasteiger partial charge is 0.408 e. The van der Waals surface area contributed by atoms with E-state index >= 15 is 0 Å². The number of nitrogens with zero attached hydrogens (tertiary/aromatic N) is 1. The molecule has 132 valence electrons. The number of hydrogen-bond donors (Lipinski definition) is 1. The van der Waals surface area contributed by atoms with Crippen molar-refractivity contribution in [2.75, 3.05) is 13.7 Å². The number of hydrogen-bond acceptors (Lipinski definition) is 3. The van der Waals surface area contributed by atoms with Gasteiger partial charge in [-0.1, -0.05) is 39.0 Å². The molecule has 1 N–H and O–H groups in total. The van der Waals surface area contributed by atoms with Crippen LogP contribution in [0.25, 0.3) is 0 Å². The van der Waals surface area contributed by atoms with Gasteiger partial charge in [0, 0.05) is 13.0 Å². The summed E-state index contributed by atoms with van der Waals surface area (Å²) >= 11 is 0. The fraction of sp³-hybridized carbons (Fsp3) is 0.579. The molecule has 5 heteroatoms. The molecule has 0 saturated heterocycles. The molecule has 1 aromatic carbocycles. The monoisotopic (exact) mass is 333 g/mol. The van der Waals surface area contributed by atoms with Crippen molar-refractivity contribution in [1.82, 2.24) is 4.90 Å². The Kier molecular flexibility index (Phi) is 4.92. The summed E-state index contributed by atoms with van der Waals surface area (Å²) in [5.74, 6) is -0.228. The van der Waals surface area contributed by atoms with Gasteiger partial charge in [-0.2, -0.15) is 0 Å². The van der Waals surface area contributed by atoms with Crippen LogP contribution in [-0.4, -0.2) is 35.7 Å². The van der Waals surface area contributed by atoms with Crippen LogP contribution in [0.15, 0.2) is 18.2 Å². The first-order chi connectivity index (χ1) is 11.1. The molecule has 0 aromatic heterocycles. The molecule has 5 nitrogen and oxygen atoms in total. The molecule has 0 aliphatic carbocycles. The average Bonchev–Trinajstić information content (AvgIpc) is 2.51. The van der Waals surface area contributed by atoms with Gasteiger partial charge in [-0.3, -0.25) is 9.69 Å². The van der Waals surface area contributed by atoms with Gasteiger partial charge in [-0.15, -0.1) is 0 Å². The van der Waals surface area contributed by atoms with Crippen molar-refractivity contribution in [3.63, 3.8) is 0 Å². The molecule has 0 fully saturated rings. The summed E-state index contributed by atoms with van der Waals surface area (Å²) in [5, 5.41) is 9.70. The number of carbonyl (C=O) groups excluding carboxylic acids is 1. The highest BCUT2D eigenvalue weighted by Gasteiger charge is 2.49. The second-order valence-corrected chi connectivity index (χ2v) is 7.53. The first-order valence-corrected chi connectivity index (χ1v) is 8.31. The molecule has 0 saturated carbocycles. The minimum atomic E-state index is -0.891. The summed E-state index contributed by atoms with van der Waals surface area (Å²) in [6, 6.07) is 6.01. The van der Waals surface area contributed by atoms with Crippen LogP contribution in [0.5, 0.6) is 0 Å². The van der Waals surface area contributed by atoms with Gasteiger partial charge in [0.1, 0.15) is 0 Å². The van der Waals surface area contributed by atoms with Crippen molar-refractivity contribution in [1.29, 1.82) is 0 Å². The summed E-state index contributed by atoms with van der Waals surface area (Å²) in [5.41, 5.74) is 2.45. The molecule has 1 amide bonds. The van der Waals surface area contributed by atoms with Gasteiger partial charge in [0.25, 0.3) is 0 Å². The summed E-state index contributed by atoms with van der Waals surface area (Å²) in [4.78, 5) is 24.9. The number of rotatable bonds is 3. The van der Waals surface area contributed by atoms with E-state index in [1.165, 1.54) is 12.7 Å². The van der Waals surface area contributed by atoms with E-state index in [1.807, 2.05) is 25.1 Å². The first kappa shape index (κ1) is 18.3. The third kappa shape index (κ3) is 2.99. The number of methoxy groups -OCH3 is 1. The zero-order valence-electron chi connectivity index (χ0n) is 15.2. The Morgan fingerprint density at radius 3 is 2.54 bits per heavy atom. The predicted octanol–water partition coefficient (Wildman–Crippen LogP) is 3.59. The summed E-state index contributed by atoms with van der Waals surface area (Å²) in [6.45, 7) is 8.67. The van der Waals surface area contributed by atoms with Crippen LogP contribution in [0, 0.1) is 5.41 Å². The van der Waals surface area contributed by atoms with Crippen LogP contribution in [0.4, 0.5) is 4.79 Å². The number of esters is 1. The van der Waals surface area contributed by atoms with Crippen LogP contribution in [-0.2, 0) is 27.9 Å². The van der Waals surface area contributed by atoms with Crippen molar-refractivity contribution in [2.45, 2.75) is 52.5 Å². The lowest BCUT2D eigenvalue weighted by Crippen LogP contribution is -2.58. The number of benzene rings is 1. The quantitative estimate of drug-likeness (QED) is 0.859. The number of fused-ring (bicyclic) bond motifs is 1. The van der Waals surface area contributed by atoms with Crippen molar-refractivity contribution in [2.24, 2.45) is 5.41 Å². The maximum absolute atomic E-state index is 11.8. The minimum absolute atomic E-state index is 0.228. The molecule has 0 bridgehead atoms. The van der Waals surface area contributed by atoms with Crippen LogP contribution in [0.2, 0.25) is 0 Å². The summed E-state index contributed by atoms with van der Waals surface area (Å²) in [7, 11) is 1.39. The normalized spacial score (nSPS) is 20.5. The van der Waals surface area contributed by atoms with Crippen molar-refractivity contribution < 1.29 is 19.4 Å². The maximum Gasteiger partial charge on any atom is 0.408 e.